The van der Waals surface area contributed by atoms with Gasteiger partial charge in [0.25, 0.3) is 0 Å². The largest absolute Gasteiger partial charge is 0.356 e. The molecule has 3 heteroatoms. The predicted octanol–water partition coefficient (Wildman–Crippen LogP) is 0.882. The monoisotopic (exact) mass is 169 g/mol. The van der Waals surface area contributed by atoms with E-state index in [0.29, 0.717) is 19.4 Å². The molecule has 68 valence electrons. The summed E-state index contributed by atoms with van der Waals surface area (Å²) in [6.07, 6.45) is 4.06. The number of carbonyl (C=O) groups is 2. The van der Waals surface area contributed by atoms with Crippen LogP contribution >= 0.6 is 0 Å². The van der Waals surface area contributed by atoms with Gasteiger partial charge in [-0.25, -0.2) is 0 Å². The van der Waals surface area contributed by atoms with E-state index in [1.54, 1.807) is 0 Å². The average molecular weight is 169 g/mol. The molecule has 1 aliphatic rings. The summed E-state index contributed by atoms with van der Waals surface area (Å²) in [5.41, 5.74) is 0.0427. The normalized spacial score (nSPS) is 18.4. The minimum absolute atomic E-state index is 0.0427. The zero-order valence-electron chi connectivity index (χ0n) is 7.43. The second-order valence-corrected chi connectivity index (χ2v) is 3.50. The van der Waals surface area contributed by atoms with Crippen molar-refractivity contribution in [3.8, 4) is 0 Å². The van der Waals surface area contributed by atoms with Gasteiger partial charge in [-0.15, -0.1) is 0 Å². The van der Waals surface area contributed by atoms with E-state index in [9.17, 15) is 9.59 Å². The first kappa shape index (κ1) is 9.23. The van der Waals surface area contributed by atoms with Crippen molar-refractivity contribution in [3.63, 3.8) is 0 Å². The highest BCUT2D eigenvalue weighted by atomic mass is 16.1. The molecule has 1 amide bonds. The van der Waals surface area contributed by atoms with Crippen LogP contribution in [-0.2, 0) is 9.59 Å². The highest BCUT2D eigenvalue weighted by molar-refractivity contribution is 5.77. The first-order valence-electron chi connectivity index (χ1n) is 4.43. The van der Waals surface area contributed by atoms with Crippen LogP contribution in [0, 0.1) is 5.41 Å². The molecule has 0 saturated heterocycles. The van der Waals surface area contributed by atoms with Crippen molar-refractivity contribution in [1.29, 1.82) is 0 Å². The number of nitrogens with one attached hydrogen (secondary N) is 1. The van der Waals surface area contributed by atoms with Crippen LogP contribution in [0.1, 0.15) is 32.6 Å². The zero-order chi connectivity index (χ0) is 9.03. The highest BCUT2D eigenvalue weighted by Gasteiger charge is 2.43. The highest BCUT2D eigenvalue weighted by Crippen LogP contribution is 2.51. The molecule has 0 aromatic heterocycles. The molecule has 0 aromatic carbocycles. The molecule has 1 fully saturated rings. The van der Waals surface area contributed by atoms with E-state index >= 15 is 0 Å². The Labute approximate surface area is 72.5 Å². The number of amides is 1. The van der Waals surface area contributed by atoms with Gasteiger partial charge in [-0.3, -0.25) is 4.79 Å². The van der Waals surface area contributed by atoms with Gasteiger partial charge in [0.1, 0.15) is 6.29 Å². The SMILES string of the molecule is CCNC(=O)CC1(CC=O)CC1. The lowest BCUT2D eigenvalue weighted by atomic mass is 9.99. The Balaban J connectivity index is 2.29. The van der Waals surface area contributed by atoms with E-state index in [-0.39, 0.29) is 11.3 Å². The Bertz CT molecular complexity index is 185. The van der Waals surface area contributed by atoms with Crippen LogP contribution in [0.2, 0.25) is 0 Å². The first-order valence-corrected chi connectivity index (χ1v) is 4.43. The Morgan fingerprint density at radius 2 is 2.25 bits per heavy atom. The molecule has 1 N–H and O–H groups in total. The molecule has 0 heterocycles. The molecule has 1 aliphatic carbocycles. The van der Waals surface area contributed by atoms with Crippen molar-refractivity contribution < 1.29 is 9.59 Å². The molecule has 1 rings (SSSR count). The maximum atomic E-state index is 11.1. The van der Waals surface area contributed by atoms with Crippen molar-refractivity contribution in [2.45, 2.75) is 32.6 Å². The molecule has 12 heavy (non-hydrogen) atoms. The molecule has 0 unspecified atom stereocenters. The van der Waals surface area contributed by atoms with E-state index in [1.807, 2.05) is 6.92 Å². The van der Waals surface area contributed by atoms with Crippen molar-refractivity contribution in [2.75, 3.05) is 6.54 Å². The third-order valence-electron chi connectivity index (χ3n) is 2.38. The molecule has 0 radical (unpaired) electrons. The molecule has 0 spiro atoms. The van der Waals surface area contributed by atoms with Crippen LogP contribution in [-0.4, -0.2) is 18.7 Å². The maximum Gasteiger partial charge on any atom is 0.220 e. The molecule has 0 aromatic rings. The Morgan fingerprint density at radius 3 is 2.67 bits per heavy atom. The fourth-order valence-corrected chi connectivity index (χ4v) is 1.41. The fourth-order valence-electron chi connectivity index (χ4n) is 1.41. The molecule has 0 aliphatic heterocycles. The van der Waals surface area contributed by atoms with Gasteiger partial charge in [0, 0.05) is 19.4 Å². The van der Waals surface area contributed by atoms with Gasteiger partial charge in [0.15, 0.2) is 0 Å². The van der Waals surface area contributed by atoms with E-state index in [1.165, 1.54) is 0 Å². The van der Waals surface area contributed by atoms with Crippen LogP contribution in [0.25, 0.3) is 0 Å². The standard InChI is InChI=1S/C9H15NO2/c1-2-10-8(12)7-9(3-4-9)5-6-11/h6H,2-5,7H2,1H3,(H,10,12). The van der Waals surface area contributed by atoms with Gasteiger partial charge >= 0.3 is 0 Å². The van der Waals surface area contributed by atoms with E-state index in [0.717, 1.165) is 19.1 Å². The van der Waals surface area contributed by atoms with Crippen molar-refractivity contribution in [1.82, 2.24) is 5.32 Å². The quantitative estimate of drug-likeness (QED) is 0.621. The van der Waals surface area contributed by atoms with Gasteiger partial charge in [0.2, 0.25) is 5.91 Å². The summed E-state index contributed by atoms with van der Waals surface area (Å²) in [4.78, 5) is 21.4. The minimum Gasteiger partial charge on any atom is -0.356 e. The summed E-state index contributed by atoms with van der Waals surface area (Å²) in [5, 5.41) is 2.75. The van der Waals surface area contributed by atoms with Gasteiger partial charge in [-0.1, -0.05) is 0 Å². The zero-order valence-corrected chi connectivity index (χ0v) is 7.43. The molecule has 1 saturated carbocycles. The van der Waals surface area contributed by atoms with Crippen molar-refractivity contribution in [2.24, 2.45) is 5.41 Å². The molecular weight excluding hydrogens is 154 g/mol. The summed E-state index contributed by atoms with van der Waals surface area (Å²) in [6.45, 7) is 2.58. The van der Waals surface area contributed by atoms with Crippen LogP contribution in [0.4, 0.5) is 0 Å². The minimum atomic E-state index is 0.0427. The van der Waals surface area contributed by atoms with E-state index in [2.05, 4.69) is 5.32 Å². The Kier molecular flexibility index (Phi) is 2.84. The summed E-state index contributed by atoms with van der Waals surface area (Å²) in [6, 6.07) is 0. The number of aldehydes is 1. The van der Waals surface area contributed by atoms with Crippen molar-refractivity contribution in [3.05, 3.63) is 0 Å². The molecule has 0 atom stereocenters. The number of hydrogen-bond donors (Lipinski definition) is 1. The van der Waals surface area contributed by atoms with Crippen LogP contribution in [0.15, 0.2) is 0 Å². The average Bonchev–Trinajstić information content (AvgIpc) is 2.70. The smallest absolute Gasteiger partial charge is 0.220 e. The van der Waals surface area contributed by atoms with Gasteiger partial charge in [-0.05, 0) is 25.2 Å². The second kappa shape index (κ2) is 3.70. The lowest BCUT2D eigenvalue weighted by molar-refractivity contribution is -0.122. The molecular formula is C9H15NO2. The third-order valence-corrected chi connectivity index (χ3v) is 2.38. The Hall–Kier alpha value is -0.860. The summed E-state index contributed by atoms with van der Waals surface area (Å²) in [7, 11) is 0. The molecule has 0 bridgehead atoms. The number of rotatable bonds is 5. The summed E-state index contributed by atoms with van der Waals surface area (Å²) < 4.78 is 0. The maximum absolute atomic E-state index is 11.1. The molecule has 3 nitrogen and oxygen atoms in total. The Morgan fingerprint density at radius 1 is 1.58 bits per heavy atom. The number of hydrogen-bond acceptors (Lipinski definition) is 2. The summed E-state index contributed by atoms with van der Waals surface area (Å²) in [5.74, 6) is 0.0804. The van der Waals surface area contributed by atoms with Crippen LogP contribution < -0.4 is 5.32 Å². The van der Waals surface area contributed by atoms with Crippen molar-refractivity contribution >= 4 is 12.2 Å². The topological polar surface area (TPSA) is 46.2 Å². The predicted molar refractivity (Wildman–Crippen MR) is 45.6 cm³/mol. The van der Waals surface area contributed by atoms with Crippen LogP contribution in [0.5, 0.6) is 0 Å². The van der Waals surface area contributed by atoms with Gasteiger partial charge in [0.05, 0.1) is 0 Å². The lowest BCUT2D eigenvalue weighted by Gasteiger charge is -2.09. The number of carbonyl (C=O) groups excluding carboxylic acids is 2. The second-order valence-electron chi connectivity index (χ2n) is 3.50. The lowest BCUT2D eigenvalue weighted by Crippen LogP contribution is -2.25. The first-order chi connectivity index (χ1) is 5.72. The summed E-state index contributed by atoms with van der Waals surface area (Å²) >= 11 is 0. The van der Waals surface area contributed by atoms with Gasteiger partial charge in [-0.2, -0.15) is 0 Å². The fraction of sp³-hybridized carbons (Fsp3) is 0.778. The van der Waals surface area contributed by atoms with E-state index < -0.39 is 0 Å². The third kappa shape index (κ3) is 2.32. The van der Waals surface area contributed by atoms with Gasteiger partial charge < -0.3 is 10.1 Å². The van der Waals surface area contributed by atoms with E-state index in [4.69, 9.17) is 0 Å². The van der Waals surface area contributed by atoms with Crippen LogP contribution in [0.3, 0.4) is 0 Å².